The highest BCUT2D eigenvalue weighted by atomic mass is 32.1. The Hall–Kier alpha value is -2.94. The fourth-order valence-electron chi connectivity index (χ4n) is 3.55. The van der Waals surface area contributed by atoms with E-state index in [0.717, 1.165) is 42.7 Å². The highest BCUT2D eigenvalue weighted by Gasteiger charge is 2.24. The summed E-state index contributed by atoms with van der Waals surface area (Å²) in [4.78, 5) is 16.3. The monoisotopic (exact) mass is 387 g/mol. The van der Waals surface area contributed by atoms with E-state index in [1.807, 2.05) is 54.6 Å². The van der Waals surface area contributed by atoms with E-state index in [1.165, 1.54) is 16.2 Å². The normalized spacial score (nSPS) is 13.6. The highest BCUT2D eigenvalue weighted by Crippen LogP contribution is 2.36. The van der Waals surface area contributed by atoms with Gasteiger partial charge in [0.25, 0.3) is 5.91 Å². The smallest absolute Gasteiger partial charge is 0.256 e. The van der Waals surface area contributed by atoms with Gasteiger partial charge in [-0.15, -0.1) is 11.3 Å². The molecule has 2 heterocycles. The molecule has 28 heavy (non-hydrogen) atoms. The summed E-state index contributed by atoms with van der Waals surface area (Å²) in [6.07, 6.45) is 0.865. The van der Waals surface area contributed by atoms with Crippen LogP contribution in [-0.4, -0.2) is 23.9 Å². The number of benzene rings is 2. The molecule has 0 spiro atoms. The third-order valence-corrected chi connectivity index (χ3v) is 6.31. The molecule has 0 bridgehead atoms. The summed E-state index contributed by atoms with van der Waals surface area (Å²) < 4.78 is 0. The van der Waals surface area contributed by atoms with Crippen LogP contribution in [0.1, 0.15) is 33.3 Å². The highest BCUT2D eigenvalue weighted by molar-refractivity contribution is 7.16. The number of nitrogens with zero attached hydrogens (tertiary/aromatic N) is 2. The molecule has 1 aromatic heterocycles. The fraction of sp³-hybridized carbons (Fsp3) is 0.217. The lowest BCUT2D eigenvalue weighted by Crippen LogP contribution is -2.29. The van der Waals surface area contributed by atoms with Gasteiger partial charge in [-0.25, -0.2) is 0 Å². The van der Waals surface area contributed by atoms with Crippen LogP contribution in [0.4, 0.5) is 5.00 Å². The second-order valence-corrected chi connectivity index (χ2v) is 7.94. The van der Waals surface area contributed by atoms with Crippen molar-refractivity contribution >= 4 is 22.2 Å². The topological polar surface area (TPSA) is 56.1 Å². The maximum absolute atomic E-state index is 12.7. The van der Waals surface area contributed by atoms with Crippen LogP contribution in [0.25, 0.3) is 11.1 Å². The summed E-state index contributed by atoms with van der Waals surface area (Å²) in [5.74, 6) is -0.179. The first-order valence-electron chi connectivity index (χ1n) is 9.43. The Morgan fingerprint density at radius 3 is 2.54 bits per heavy atom. The van der Waals surface area contributed by atoms with Crippen molar-refractivity contribution in [2.24, 2.45) is 0 Å². The number of thiophene rings is 1. The molecule has 4 nitrogen and oxygen atoms in total. The second-order valence-electron chi connectivity index (χ2n) is 6.84. The van der Waals surface area contributed by atoms with Crippen molar-refractivity contribution in [3.8, 4) is 17.2 Å². The average molecular weight is 388 g/mol. The van der Waals surface area contributed by atoms with E-state index in [1.54, 1.807) is 0 Å². The van der Waals surface area contributed by atoms with E-state index >= 15 is 0 Å². The van der Waals surface area contributed by atoms with Crippen molar-refractivity contribution in [3.63, 3.8) is 0 Å². The van der Waals surface area contributed by atoms with E-state index < -0.39 is 0 Å². The number of hydrogen-bond acceptors (Lipinski definition) is 4. The zero-order valence-corrected chi connectivity index (χ0v) is 16.6. The maximum atomic E-state index is 12.7. The number of nitrogens with one attached hydrogen (secondary N) is 1. The van der Waals surface area contributed by atoms with Crippen LogP contribution in [0.3, 0.4) is 0 Å². The van der Waals surface area contributed by atoms with Gasteiger partial charge in [-0.2, -0.15) is 5.26 Å². The van der Waals surface area contributed by atoms with Gasteiger partial charge in [0.05, 0.1) is 5.56 Å². The molecule has 0 unspecified atom stereocenters. The van der Waals surface area contributed by atoms with Crippen molar-refractivity contribution < 1.29 is 4.79 Å². The molecule has 0 aliphatic carbocycles. The van der Waals surface area contributed by atoms with E-state index in [-0.39, 0.29) is 5.91 Å². The van der Waals surface area contributed by atoms with Crippen molar-refractivity contribution in [1.29, 1.82) is 5.26 Å². The summed E-state index contributed by atoms with van der Waals surface area (Å²) in [5, 5.41) is 13.3. The number of rotatable bonds is 4. The minimum Gasteiger partial charge on any atom is -0.312 e. The number of amides is 1. The van der Waals surface area contributed by atoms with Gasteiger partial charge in [0.15, 0.2) is 0 Å². The number of fused-ring (bicyclic) bond motifs is 1. The maximum Gasteiger partial charge on any atom is 0.256 e. The molecule has 2 aromatic carbocycles. The molecule has 3 aromatic rings. The van der Waals surface area contributed by atoms with E-state index in [2.05, 4.69) is 23.2 Å². The first kappa shape index (κ1) is 18.4. The Labute approximate surface area is 169 Å². The summed E-state index contributed by atoms with van der Waals surface area (Å²) in [7, 11) is 0. The minimum atomic E-state index is -0.179. The van der Waals surface area contributed by atoms with Gasteiger partial charge in [0, 0.05) is 23.5 Å². The quantitative estimate of drug-likeness (QED) is 0.691. The third kappa shape index (κ3) is 3.57. The molecule has 140 valence electrons. The second kappa shape index (κ2) is 7.97. The number of carbonyl (C=O) groups excluding carboxylic acids is 1. The third-order valence-electron chi connectivity index (χ3n) is 5.18. The van der Waals surface area contributed by atoms with Crippen molar-refractivity contribution in [1.82, 2.24) is 4.90 Å². The van der Waals surface area contributed by atoms with E-state index in [9.17, 15) is 10.1 Å². The van der Waals surface area contributed by atoms with Crippen LogP contribution in [0.15, 0.2) is 54.6 Å². The first-order chi connectivity index (χ1) is 13.7. The Kier molecular flexibility index (Phi) is 5.25. The largest absolute Gasteiger partial charge is 0.312 e. The summed E-state index contributed by atoms with van der Waals surface area (Å²) in [6, 6.07) is 19.9. The predicted octanol–water partition coefficient (Wildman–Crippen LogP) is 4.92. The SMILES string of the molecule is CCN1CCc2c(sc(NC(=O)c3ccc(-c4ccccc4)cc3)c2C#N)C1. The van der Waals surface area contributed by atoms with Gasteiger partial charge in [0.1, 0.15) is 11.1 Å². The number of nitriles is 1. The van der Waals surface area contributed by atoms with E-state index in [0.29, 0.717) is 16.1 Å². The lowest BCUT2D eigenvalue weighted by Gasteiger charge is -2.24. The van der Waals surface area contributed by atoms with Gasteiger partial charge < -0.3 is 5.32 Å². The molecule has 0 saturated carbocycles. The molecular formula is C23H21N3OS. The Balaban J connectivity index is 1.54. The molecule has 0 radical (unpaired) electrons. The number of carbonyl (C=O) groups is 1. The van der Waals surface area contributed by atoms with Crippen molar-refractivity contribution in [2.75, 3.05) is 18.4 Å². The molecule has 1 aliphatic heterocycles. The number of anilines is 1. The standard InChI is InChI=1S/C23H21N3OS/c1-2-26-13-12-19-20(14-24)23(28-21(19)15-26)25-22(27)18-10-8-17(9-11-18)16-6-4-3-5-7-16/h3-11H,2,12-13,15H2,1H3,(H,25,27). The molecular weight excluding hydrogens is 366 g/mol. The van der Waals surface area contributed by atoms with Gasteiger partial charge >= 0.3 is 0 Å². The number of likely N-dealkylation sites (N-methyl/N-ethyl adjacent to an activating group) is 1. The lowest BCUT2D eigenvalue weighted by molar-refractivity contribution is 0.102. The van der Waals surface area contributed by atoms with Crippen LogP contribution in [0.2, 0.25) is 0 Å². The van der Waals surface area contributed by atoms with Gasteiger partial charge in [-0.3, -0.25) is 9.69 Å². The summed E-state index contributed by atoms with van der Waals surface area (Å²) in [5.41, 5.74) is 4.51. The molecule has 5 heteroatoms. The van der Waals surface area contributed by atoms with Crippen LogP contribution in [0.5, 0.6) is 0 Å². The molecule has 1 amide bonds. The fourth-order valence-corrected chi connectivity index (χ4v) is 4.79. The predicted molar refractivity (Wildman–Crippen MR) is 114 cm³/mol. The zero-order chi connectivity index (χ0) is 19.5. The molecule has 1 aliphatic rings. The zero-order valence-electron chi connectivity index (χ0n) is 15.7. The average Bonchev–Trinajstić information content (AvgIpc) is 3.10. The Bertz CT molecular complexity index is 1030. The molecule has 0 atom stereocenters. The summed E-state index contributed by atoms with van der Waals surface area (Å²) in [6.45, 7) is 4.95. The molecule has 4 rings (SSSR count). The molecule has 0 saturated heterocycles. The lowest BCUT2D eigenvalue weighted by atomic mass is 10.0. The molecule has 0 fully saturated rings. The minimum absolute atomic E-state index is 0.179. The van der Waals surface area contributed by atoms with Gasteiger partial charge in [-0.1, -0.05) is 49.4 Å². The Morgan fingerprint density at radius 1 is 1.14 bits per heavy atom. The van der Waals surface area contributed by atoms with Crippen molar-refractivity contribution in [3.05, 3.63) is 76.2 Å². The van der Waals surface area contributed by atoms with Crippen LogP contribution >= 0.6 is 11.3 Å². The Morgan fingerprint density at radius 2 is 1.86 bits per heavy atom. The van der Waals surface area contributed by atoms with E-state index in [4.69, 9.17) is 0 Å². The van der Waals surface area contributed by atoms with Gasteiger partial charge in [-0.05, 0) is 41.8 Å². The summed E-state index contributed by atoms with van der Waals surface area (Å²) >= 11 is 1.53. The number of hydrogen-bond donors (Lipinski definition) is 1. The van der Waals surface area contributed by atoms with Crippen LogP contribution < -0.4 is 5.32 Å². The van der Waals surface area contributed by atoms with Crippen molar-refractivity contribution in [2.45, 2.75) is 19.9 Å². The van der Waals surface area contributed by atoms with Gasteiger partial charge in [0.2, 0.25) is 0 Å². The first-order valence-corrected chi connectivity index (χ1v) is 10.2. The molecule has 1 N–H and O–H groups in total. The van der Waals surface area contributed by atoms with Crippen LogP contribution in [-0.2, 0) is 13.0 Å². The van der Waals surface area contributed by atoms with Crippen LogP contribution in [0, 0.1) is 11.3 Å².